The quantitative estimate of drug-likeness (QED) is 0.234. The van der Waals surface area contributed by atoms with Gasteiger partial charge in [0.25, 0.3) is 0 Å². The second-order valence-electron chi connectivity index (χ2n) is 9.81. The molecular weight excluding hydrogens is 492 g/mol. The van der Waals surface area contributed by atoms with Crippen molar-refractivity contribution in [2.24, 2.45) is 0 Å². The van der Waals surface area contributed by atoms with Gasteiger partial charge in [-0.15, -0.1) is 11.3 Å². The van der Waals surface area contributed by atoms with Crippen LogP contribution in [0.2, 0.25) is 0 Å². The minimum Gasteiger partial charge on any atom is -0.226 e. The van der Waals surface area contributed by atoms with Gasteiger partial charge in [0.05, 0.1) is 15.9 Å². The Hall–Kier alpha value is -4.86. The van der Waals surface area contributed by atoms with Gasteiger partial charge in [-0.2, -0.15) is 0 Å². The largest absolute Gasteiger partial charge is 0.226 e. The molecular formula is C36H22N2S. The number of benzene rings is 6. The highest BCUT2D eigenvalue weighted by molar-refractivity contribution is 7.27. The third-order valence-electron chi connectivity index (χ3n) is 7.48. The van der Waals surface area contributed by atoms with Gasteiger partial charge in [0.15, 0.2) is 5.82 Å². The van der Waals surface area contributed by atoms with Gasteiger partial charge in [-0.05, 0) is 38.7 Å². The number of fused-ring (bicyclic) bond motifs is 6. The average molecular weight is 515 g/mol. The van der Waals surface area contributed by atoms with Crippen LogP contribution < -0.4 is 0 Å². The van der Waals surface area contributed by atoms with E-state index in [1.165, 1.54) is 37.2 Å². The standard InChI is InChI=1S/C36H22N2S/c1-2-10-23(11-3-1)26-15-8-16-27(22-26)36-37-32(30-19-9-14-24-12-4-6-17-28(24)30)35-33(38-36)31-21-20-25-13-5-7-18-29(25)34(31)39-35/h1-22H. The van der Waals surface area contributed by atoms with Crippen LogP contribution in [0.5, 0.6) is 0 Å². The van der Waals surface area contributed by atoms with Gasteiger partial charge >= 0.3 is 0 Å². The van der Waals surface area contributed by atoms with E-state index in [9.17, 15) is 0 Å². The summed E-state index contributed by atoms with van der Waals surface area (Å²) in [6.07, 6.45) is 0. The van der Waals surface area contributed by atoms with Crippen molar-refractivity contribution in [3.05, 3.63) is 133 Å². The lowest BCUT2D eigenvalue weighted by molar-refractivity contribution is 1.24. The van der Waals surface area contributed by atoms with Crippen LogP contribution in [0, 0.1) is 0 Å². The second kappa shape index (κ2) is 8.87. The van der Waals surface area contributed by atoms with Gasteiger partial charge in [-0.1, -0.05) is 127 Å². The highest BCUT2D eigenvalue weighted by Gasteiger charge is 2.19. The average Bonchev–Trinajstić information content (AvgIpc) is 3.40. The van der Waals surface area contributed by atoms with E-state index in [1.807, 2.05) is 6.07 Å². The number of hydrogen-bond donors (Lipinski definition) is 0. The van der Waals surface area contributed by atoms with E-state index in [-0.39, 0.29) is 0 Å². The molecule has 2 aromatic heterocycles. The zero-order valence-corrected chi connectivity index (χ0v) is 21.8. The van der Waals surface area contributed by atoms with E-state index in [1.54, 1.807) is 11.3 Å². The van der Waals surface area contributed by atoms with Crippen molar-refractivity contribution in [1.82, 2.24) is 9.97 Å². The van der Waals surface area contributed by atoms with Gasteiger partial charge < -0.3 is 0 Å². The van der Waals surface area contributed by atoms with Gasteiger partial charge in [-0.25, -0.2) is 9.97 Å². The smallest absolute Gasteiger partial charge is 0.160 e. The number of thiophene rings is 1. The molecule has 0 N–H and O–H groups in total. The summed E-state index contributed by atoms with van der Waals surface area (Å²) >= 11 is 1.80. The molecule has 8 aromatic rings. The third kappa shape index (κ3) is 3.63. The highest BCUT2D eigenvalue weighted by Crippen LogP contribution is 2.43. The Labute approximate surface area is 229 Å². The zero-order valence-electron chi connectivity index (χ0n) is 21.0. The van der Waals surface area contributed by atoms with Crippen molar-refractivity contribution in [2.75, 3.05) is 0 Å². The summed E-state index contributed by atoms with van der Waals surface area (Å²) < 4.78 is 2.38. The maximum atomic E-state index is 5.30. The molecule has 0 aliphatic rings. The number of aromatic nitrogens is 2. The molecule has 0 spiro atoms. The Balaban J connectivity index is 1.46. The second-order valence-corrected chi connectivity index (χ2v) is 10.8. The maximum Gasteiger partial charge on any atom is 0.160 e. The first-order chi connectivity index (χ1) is 19.3. The molecule has 0 bridgehead atoms. The Kier molecular flexibility index (Phi) is 5.04. The van der Waals surface area contributed by atoms with Gasteiger partial charge in [-0.3, -0.25) is 0 Å². The van der Waals surface area contributed by atoms with E-state index in [2.05, 4.69) is 127 Å². The molecule has 0 saturated heterocycles. The van der Waals surface area contributed by atoms with Crippen LogP contribution in [0.3, 0.4) is 0 Å². The normalized spacial score (nSPS) is 11.6. The SMILES string of the molecule is c1ccc(-c2cccc(-c3nc(-c4cccc5ccccc45)c4sc5c6ccccc6ccc5c4n3)c2)cc1. The van der Waals surface area contributed by atoms with Crippen molar-refractivity contribution < 1.29 is 0 Å². The third-order valence-corrected chi connectivity index (χ3v) is 8.71. The number of nitrogens with zero attached hydrogens (tertiary/aromatic N) is 2. The molecule has 0 aliphatic carbocycles. The lowest BCUT2D eigenvalue weighted by atomic mass is 10.0. The van der Waals surface area contributed by atoms with Crippen LogP contribution in [0.25, 0.3) is 75.6 Å². The minimum absolute atomic E-state index is 0.746. The Morgan fingerprint density at radius 1 is 0.436 bits per heavy atom. The zero-order chi connectivity index (χ0) is 25.8. The number of hydrogen-bond acceptors (Lipinski definition) is 3. The summed E-state index contributed by atoms with van der Waals surface area (Å²) in [5.41, 5.74) is 6.49. The molecule has 2 heterocycles. The van der Waals surface area contributed by atoms with E-state index < -0.39 is 0 Å². The monoisotopic (exact) mass is 514 g/mol. The predicted molar refractivity (Wildman–Crippen MR) is 166 cm³/mol. The van der Waals surface area contributed by atoms with Crippen LogP contribution in [0.15, 0.2) is 133 Å². The summed E-state index contributed by atoms with van der Waals surface area (Å²) in [7, 11) is 0. The van der Waals surface area contributed by atoms with Crippen LogP contribution in [0.1, 0.15) is 0 Å². The summed E-state index contributed by atoms with van der Waals surface area (Å²) in [6.45, 7) is 0. The van der Waals surface area contributed by atoms with Gasteiger partial charge in [0.1, 0.15) is 0 Å². The minimum atomic E-state index is 0.746. The molecule has 0 aliphatic heterocycles. The fourth-order valence-electron chi connectivity index (χ4n) is 5.58. The van der Waals surface area contributed by atoms with Crippen LogP contribution in [0.4, 0.5) is 0 Å². The molecule has 2 nitrogen and oxygen atoms in total. The van der Waals surface area contributed by atoms with Crippen molar-refractivity contribution in [3.8, 4) is 33.8 Å². The summed E-state index contributed by atoms with van der Waals surface area (Å²) in [4.78, 5) is 10.5. The van der Waals surface area contributed by atoms with Gasteiger partial charge in [0, 0.05) is 21.2 Å². The molecule has 0 amide bonds. The fourth-order valence-corrected chi connectivity index (χ4v) is 6.86. The van der Waals surface area contributed by atoms with Crippen LogP contribution in [-0.2, 0) is 0 Å². The highest BCUT2D eigenvalue weighted by atomic mass is 32.1. The Morgan fingerprint density at radius 3 is 1.97 bits per heavy atom. The van der Waals surface area contributed by atoms with Gasteiger partial charge in [0.2, 0.25) is 0 Å². The first-order valence-electron chi connectivity index (χ1n) is 13.1. The molecule has 6 aromatic carbocycles. The first kappa shape index (κ1) is 22.2. The molecule has 0 saturated carbocycles. The van der Waals surface area contributed by atoms with E-state index in [4.69, 9.17) is 9.97 Å². The molecule has 0 unspecified atom stereocenters. The van der Waals surface area contributed by atoms with Crippen LogP contribution >= 0.6 is 11.3 Å². The van der Waals surface area contributed by atoms with E-state index in [0.717, 1.165) is 38.4 Å². The lowest BCUT2D eigenvalue weighted by Gasteiger charge is -2.10. The molecule has 8 rings (SSSR count). The number of rotatable bonds is 3. The predicted octanol–water partition coefficient (Wildman–Crippen LogP) is 10.2. The molecule has 0 fully saturated rings. The van der Waals surface area contributed by atoms with E-state index in [0.29, 0.717) is 0 Å². The van der Waals surface area contributed by atoms with E-state index >= 15 is 0 Å². The fraction of sp³-hybridized carbons (Fsp3) is 0. The summed E-state index contributed by atoms with van der Waals surface area (Å²) in [5.74, 6) is 0.746. The molecule has 182 valence electrons. The van der Waals surface area contributed by atoms with Crippen molar-refractivity contribution in [1.29, 1.82) is 0 Å². The van der Waals surface area contributed by atoms with Crippen molar-refractivity contribution in [3.63, 3.8) is 0 Å². The van der Waals surface area contributed by atoms with Crippen molar-refractivity contribution in [2.45, 2.75) is 0 Å². The molecule has 3 heteroatoms. The first-order valence-corrected chi connectivity index (χ1v) is 13.9. The molecule has 39 heavy (non-hydrogen) atoms. The Bertz CT molecular complexity index is 2170. The van der Waals surface area contributed by atoms with Crippen LogP contribution in [-0.4, -0.2) is 9.97 Å². The summed E-state index contributed by atoms with van der Waals surface area (Å²) in [6, 6.07) is 47.1. The molecule has 0 atom stereocenters. The Morgan fingerprint density at radius 2 is 1.10 bits per heavy atom. The lowest BCUT2D eigenvalue weighted by Crippen LogP contribution is -1.94. The molecule has 0 radical (unpaired) electrons. The summed E-state index contributed by atoms with van der Waals surface area (Å²) in [5, 5.41) is 6.09. The van der Waals surface area contributed by atoms with Crippen molar-refractivity contribution >= 4 is 53.2 Å². The topological polar surface area (TPSA) is 25.8 Å². The maximum absolute atomic E-state index is 5.30.